The Kier molecular flexibility index (Phi) is 4.68. The molecular formula is C16H22N6O. The van der Waals surface area contributed by atoms with Crippen molar-refractivity contribution in [1.82, 2.24) is 9.97 Å². The zero-order valence-electron chi connectivity index (χ0n) is 13.6. The smallest absolute Gasteiger partial charge is 0.254 e. The fraction of sp³-hybridized carbons (Fsp3) is 0.312. The van der Waals surface area contributed by atoms with Crippen LogP contribution in [0.1, 0.15) is 31.1 Å². The number of aromatic nitrogens is 2. The van der Waals surface area contributed by atoms with Crippen LogP contribution >= 0.6 is 0 Å². The molecular weight excluding hydrogens is 292 g/mol. The number of nitrogens with zero attached hydrogens (tertiary/aromatic N) is 2. The third-order valence-electron chi connectivity index (χ3n) is 3.00. The predicted octanol–water partition coefficient (Wildman–Crippen LogP) is 2.36. The van der Waals surface area contributed by atoms with Crippen molar-refractivity contribution in [2.24, 2.45) is 11.1 Å². The van der Waals surface area contributed by atoms with Crippen LogP contribution in [0.25, 0.3) is 0 Å². The number of amides is 1. The molecule has 0 radical (unpaired) electrons. The van der Waals surface area contributed by atoms with Crippen LogP contribution in [-0.4, -0.2) is 22.4 Å². The molecule has 2 rings (SSSR count). The van der Waals surface area contributed by atoms with Gasteiger partial charge < -0.3 is 22.1 Å². The highest BCUT2D eigenvalue weighted by Gasteiger charge is 2.14. The fourth-order valence-corrected chi connectivity index (χ4v) is 1.79. The molecule has 6 N–H and O–H groups in total. The number of hydrogen-bond donors (Lipinski definition) is 4. The summed E-state index contributed by atoms with van der Waals surface area (Å²) < 4.78 is 0. The quantitative estimate of drug-likeness (QED) is 0.629. The number of benzene rings is 1. The second-order valence-electron chi connectivity index (χ2n) is 6.48. The maximum absolute atomic E-state index is 11.6. The van der Waals surface area contributed by atoms with E-state index >= 15 is 0 Å². The van der Waals surface area contributed by atoms with Gasteiger partial charge in [0, 0.05) is 24.1 Å². The van der Waals surface area contributed by atoms with E-state index in [1.54, 1.807) is 24.3 Å². The molecule has 0 aliphatic heterocycles. The van der Waals surface area contributed by atoms with E-state index in [2.05, 4.69) is 41.4 Å². The van der Waals surface area contributed by atoms with E-state index in [0.29, 0.717) is 24.0 Å². The first kappa shape index (κ1) is 16.5. The van der Waals surface area contributed by atoms with Gasteiger partial charge in [-0.3, -0.25) is 4.79 Å². The molecule has 0 aliphatic carbocycles. The minimum Gasteiger partial charge on any atom is -0.399 e. The molecule has 1 heterocycles. The van der Waals surface area contributed by atoms with Crippen LogP contribution in [0.15, 0.2) is 30.5 Å². The van der Waals surface area contributed by atoms with E-state index in [1.807, 2.05) is 0 Å². The SMILES string of the molecule is CC(C)(C)CNc1ncc(C(N)=O)c(Nc2ccc(N)cc2)n1. The van der Waals surface area contributed by atoms with Gasteiger partial charge in [0.25, 0.3) is 5.91 Å². The highest BCUT2D eigenvalue weighted by molar-refractivity contribution is 5.98. The highest BCUT2D eigenvalue weighted by atomic mass is 16.1. The lowest BCUT2D eigenvalue weighted by atomic mass is 9.97. The van der Waals surface area contributed by atoms with Crippen LogP contribution in [0.5, 0.6) is 0 Å². The van der Waals surface area contributed by atoms with Crippen molar-refractivity contribution < 1.29 is 4.79 Å². The Bertz CT molecular complexity index is 691. The topological polar surface area (TPSA) is 119 Å². The summed E-state index contributed by atoms with van der Waals surface area (Å²) in [6, 6.07) is 7.10. The summed E-state index contributed by atoms with van der Waals surface area (Å²) in [7, 11) is 0. The molecule has 0 bridgehead atoms. The minimum absolute atomic E-state index is 0.0796. The Hall–Kier alpha value is -2.83. The van der Waals surface area contributed by atoms with Gasteiger partial charge in [0.05, 0.1) is 0 Å². The third kappa shape index (κ3) is 4.84. The molecule has 1 amide bonds. The van der Waals surface area contributed by atoms with Crippen molar-refractivity contribution in [3.05, 3.63) is 36.0 Å². The van der Waals surface area contributed by atoms with Crippen molar-refractivity contribution in [2.75, 3.05) is 22.9 Å². The van der Waals surface area contributed by atoms with Crippen LogP contribution in [0, 0.1) is 5.41 Å². The third-order valence-corrected chi connectivity index (χ3v) is 3.00. The van der Waals surface area contributed by atoms with Crippen molar-refractivity contribution >= 4 is 29.0 Å². The zero-order valence-corrected chi connectivity index (χ0v) is 13.6. The zero-order chi connectivity index (χ0) is 17.0. The lowest BCUT2D eigenvalue weighted by Crippen LogP contribution is -2.21. The van der Waals surface area contributed by atoms with Crippen molar-refractivity contribution in [1.29, 1.82) is 0 Å². The number of nitrogens with one attached hydrogen (secondary N) is 2. The van der Waals surface area contributed by atoms with E-state index in [4.69, 9.17) is 11.5 Å². The fourth-order valence-electron chi connectivity index (χ4n) is 1.79. The molecule has 122 valence electrons. The molecule has 1 aromatic carbocycles. The van der Waals surface area contributed by atoms with Gasteiger partial charge in [-0.05, 0) is 29.7 Å². The maximum Gasteiger partial charge on any atom is 0.254 e. The molecule has 0 spiro atoms. The first-order valence-corrected chi connectivity index (χ1v) is 7.28. The van der Waals surface area contributed by atoms with E-state index in [1.165, 1.54) is 6.20 Å². The molecule has 7 heteroatoms. The van der Waals surface area contributed by atoms with Crippen LogP contribution in [-0.2, 0) is 0 Å². The molecule has 0 saturated carbocycles. The number of nitrogen functional groups attached to an aromatic ring is 1. The number of primary amides is 1. The van der Waals surface area contributed by atoms with Gasteiger partial charge in [0.15, 0.2) is 0 Å². The molecule has 2 aromatic rings. The number of rotatable bonds is 5. The monoisotopic (exact) mass is 314 g/mol. The normalized spacial score (nSPS) is 11.1. The number of hydrogen-bond acceptors (Lipinski definition) is 6. The molecule has 0 atom stereocenters. The molecule has 0 aliphatic rings. The van der Waals surface area contributed by atoms with Gasteiger partial charge in [-0.15, -0.1) is 0 Å². The summed E-state index contributed by atoms with van der Waals surface area (Å²) in [4.78, 5) is 20.0. The minimum atomic E-state index is -0.592. The molecule has 23 heavy (non-hydrogen) atoms. The summed E-state index contributed by atoms with van der Waals surface area (Å²) in [5, 5.41) is 6.22. The largest absolute Gasteiger partial charge is 0.399 e. The van der Waals surface area contributed by atoms with Gasteiger partial charge in [0.2, 0.25) is 5.95 Å². The van der Waals surface area contributed by atoms with Gasteiger partial charge in [0.1, 0.15) is 11.4 Å². The van der Waals surface area contributed by atoms with E-state index in [9.17, 15) is 4.79 Å². The van der Waals surface area contributed by atoms with Gasteiger partial charge in [-0.1, -0.05) is 20.8 Å². The Balaban J connectivity index is 2.26. The standard InChI is InChI=1S/C16H22N6O/c1-16(2,3)9-20-15-19-8-12(13(18)23)14(22-15)21-11-6-4-10(17)5-7-11/h4-8H,9,17H2,1-3H3,(H2,18,23)(H2,19,20,21,22). The van der Waals surface area contributed by atoms with Crippen molar-refractivity contribution in [2.45, 2.75) is 20.8 Å². The lowest BCUT2D eigenvalue weighted by molar-refractivity contribution is 0.100. The van der Waals surface area contributed by atoms with E-state index in [0.717, 1.165) is 5.69 Å². The van der Waals surface area contributed by atoms with Crippen LogP contribution in [0.3, 0.4) is 0 Å². The summed E-state index contributed by atoms with van der Waals surface area (Å²) in [6.45, 7) is 7.01. The summed E-state index contributed by atoms with van der Waals surface area (Å²) in [6.07, 6.45) is 1.42. The van der Waals surface area contributed by atoms with Crippen LogP contribution in [0.2, 0.25) is 0 Å². The molecule has 1 aromatic heterocycles. The molecule has 0 unspecified atom stereocenters. The average Bonchev–Trinajstić information content (AvgIpc) is 2.47. The van der Waals surface area contributed by atoms with Crippen molar-refractivity contribution in [3.8, 4) is 0 Å². The van der Waals surface area contributed by atoms with Crippen LogP contribution < -0.4 is 22.1 Å². The molecule has 0 fully saturated rings. The Morgan fingerprint density at radius 2 is 1.87 bits per heavy atom. The number of carbonyl (C=O) groups is 1. The summed E-state index contributed by atoms with van der Waals surface area (Å²) in [5.41, 5.74) is 12.8. The first-order chi connectivity index (χ1) is 10.7. The lowest BCUT2D eigenvalue weighted by Gasteiger charge is -2.19. The number of nitrogens with two attached hydrogens (primary N) is 2. The van der Waals surface area contributed by atoms with E-state index in [-0.39, 0.29) is 11.0 Å². The molecule has 0 saturated heterocycles. The Labute approximate surface area is 135 Å². The Morgan fingerprint density at radius 1 is 1.22 bits per heavy atom. The van der Waals surface area contributed by atoms with Crippen LogP contribution in [0.4, 0.5) is 23.1 Å². The van der Waals surface area contributed by atoms with Gasteiger partial charge >= 0.3 is 0 Å². The second kappa shape index (κ2) is 6.51. The van der Waals surface area contributed by atoms with Crippen molar-refractivity contribution in [3.63, 3.8) is 0 Å². The maximum atomic E-state index is 11.6. The molecule has 7 nitrogen and oxygen atoms in total. The summed E-state index contributed by atoms with van der Waals surface area (Å²) in [5.74, 6) is 0.196. The van der Waals surface area contributed by atoms with Gasteiger partial charge in [-0.2, -0.15) is 4.98 Å². The Morgan fingerprint density at radius 3 is 2.43 bits per heavy atom. The first-order valence-electron chi connectivity index (χ1n) is 7.28. The second-order valence-corrected chi connectivity index (χ2v) is 6.48. The summed E-state index contributed by atoms with van der Waals surface area (Å²) >= 11 is 0. The number of anilines is 4. The number of carbonyl (C=O) groups excluding carboxylic acids is 1. The van der Waals surface area contributed by atoms with Gasteiger partial charge in [-0.25, -0.2) is 4.98 Å². The highest BCUT2D eigenvalue weighted by Crippen LogP contribution is 2.21. The average molecular weight is 314 g/mol. The van der Waals surface area contributed by atoms with E-state index < -0.39 is 5.91 Å². The predicted molar refractivity (Wildman–Crippen MR) is 92.6 cm³/mol.